The number of nitrogens with zero attached hydrogens (tertiary/aromatic N) is 3. The Hall–Kier alpha value is -4.92. The van der Waals surface area contributed by atoms with Gasteiger partial charge in [0.2, 0.25) is 6.79 Å². The third kappa shape index (κ3) is 4.82. The average Bonchev–Trinajstić information content (AvgIpc) is 3.62. The van der Waals surface area contributed by atoms with Crippen LogP contribution in [-0.2, 0) is 12.8 Å². The number of hydrogen-bond acceptors (Lipinski definition) is 7. The molecule has 5 aromatic rings. The molecule has 0 atom stereocenters. The van der Waals surface area contributed by atoms with Crippen LogP contribution in [0.4, 0.5) is 0 Å². The van der Waals surface area contributed by atoms with Crippen molar-refractivity contribution in [2.24, 2.45) is 0 Å². The lowest BCUT2D eigenvalue weighted by Gasteiger charge is -2.16. The largest absolute Gasteiger partial charge is 0.454 e. The molecule has 9 nitrogen and oxygen atoms in total. The molecule has 202 valence electrons. The van der Waals surface area contributed by atoms with Gasteiger partial charge in [0.05, 0.1) is 11.4 Å². The number of aromatic nitrogens is 4. The molecule has 0 unspecified atom stereocenters. The molecule has 0 aliphatic carbocycles. The summed E-state index contributed by atoms with van der Waals surface area (Å²) in [6.45, 7) is 4.16. The van der Waals surface area contributed by atoms with Crippen LogP contribution in [0.1, 0.15) is 42.4 Å². The molecular formula is C31H28N4O5. The molecule has 3 heterocycles. The number of benzene rings is 3. The highest BCUT2D eigenvalue weighted by atomic mass is 16.7. The van der Waals surface area contributed by atoms with E-state index in [1.807, 2.05) is 73.7 Å². The first-order valence-electron chi connectivity index (χ1n) is 13.3. The van der Waals surface area contributed by atoms with E-state index in [2.05, 4.69) is 17.1 Å². The van der Waals surface area contributed by atoms with Gasteiger partial charge in [0.25, 0.3) is 5.56 Å². The second-order valence-electron chi connectivity index (χ2n) is 9.73. The predicted octanol–water partition coefficient (Wildman–Crippen LogP) is 5.21. The van der Waals surface area contributed by atoms with Crippen LogP contribution >= 0.6 is 0 Å². The van der Waals surface area contributed by atoms with Crippen LogP contribution in [0.25, 0.3) is 28.2 Å². The molecule has 0 saturated carbocycles. The average molecular weight is 537 g/mol. The van der Waals surface area contributed by atoms with E-state index in [-0.39, 0.29) is 12.4 Å². The predicted molar refractivity (Wildman–Crippen MR) is 150 cm³/mol. The highest BCUT2D eigenvalue weighted by molar-refractivity contribution is 5.80. The van der Waals surface area contributed by atoms with Gasteiger partial charge in [-0.2, -0.15) is 0 Å². The highest BCUT2D eigenvalue weighted by Crippen LogP contribution is 2.34. The zero-order valence-corrected chi connectivity index (χ0v) is 22.3. The van der Waals surface area contributed by atoms with E-state index in [1.54, 1.807) is 4.57 Å². The topological polar surface area (TPSA) is 112 Å². The first-order chi connectivity index (χ1) is 19.5. The summed E-state index contributed by atoms with van der Waals surface area (Å²) in [7, 11) is 0. The number of nitrogens with one attached hydrogen (secondary N) is 1. The fraction of sp³-hybridized carbons (Fsp3) is 0.226. The monoisotopic (exact) mass is 536 g/mol. The molecule has 1 aliphatic rings. The Balaban J connectivity index is 1.36. The van der Waals surface area contributed by atoms with Crippen molar-refractivity contribution in [3.63, 3.8) is 0 Å². The lowest BCUT2D eigenvalue weighted by atomic mass is 9.96. The summed E-state index contributed by atoms with van der Waals surface area (Å²) in [6.07, 6.45) is 3.16. The van der Waals surface area contributed by atoms with Gasteiger partial charge in [-0.3, -0.25) is 18.9 Å². The van der Waals surface area contributed by atoms with Gasteiger partial charge in [0.1, 0.15) is 5.82 Å². The van der Waals surface area contributed by atoms with Crippen molar-refractivity contribution in [1.29, 1.82) is 0 Å². The summed E-state index contributed by atoms with van der Waals surface area (Å²) in [5.41, 5.74) is 5.75. The highest BCUT2D eigenvalue weighted by Gasteiger charge is 2.20. The molecule has 40 heavy (non-hydrogen) atoms. The van der Waals surface area contributed by atoms with Crippen molar-refractivity contribution < 1.29 is 14.0 Å². The first kappa shape index (κ1) is 25.4. The minimum Gasteiger partial charge on any atom is -0.454 e. The molecule has 1 N–H and O–H groups in total. The molecule has 6 rings (SSSR count). The molecule has 0 bridgehead atoms. The van der Waals surface area contributed by atoms with Gasteiger partial charge in [-0.15, -0.1) is 0 Å². The molecule has 0 spiro atoms. The van der Waals surface area contributed by atoms with Crippen molar-refractivity contribution >= 4 is 0 Å². The van der Waals surface area contributed by atoms with Crippen LogP contribution in [0.3, 0.4) is 0 Å². The standard InChI is InChI=1S/C31H28N4O5/c1-3-4-9-26-25(30(36)35(19(2)32-26)22-14-15-27-28(17-22)39-18-38-27)16-20-10-12-21(13-11-20)23-7-5-6-8-24(23)29-33-31(37)40-34-29/h5-8,10-15,17H,3-4,9,16,18H2,1-2H3,(H,33,34,37). The van der Waals surface area contributed by atoms with E-state index >= 15 is 0 Å². The number of aryl methyl sites for hydroxylation is 2. The number of ether oxygens (including phenoxy) is 2. The molecule has 0 radical (unpaired) electrons. The Morgan fingerprint density at radius 3 is 2.48 bits per heavy atom. The van der Waals surface area contributed by atoms with Gasteiger partial charge in [0, 0.05) is 23.6 Å². The number of aromatic amines is 1. The number of rotatable bonds is 8. The lowest BCUT2D eigenvalue weighted by molar-refractivity contribution is 0.174. The zero-order valence-electron chi connectivity index (χ0n) is 22.3. The molecular weight excluding hydrogens is 508 g/mol. The summed E-state index contributed by atoms with van der Waals surface area (Å²) >= 11 is 0. The molecule has 0 fully saturated rings. The number of H-pyrrole nitrogens is 1. The van der Waals surface area contributed by atoms with Gasteiger partial charge in [0.15, 0.2) is 17.3 Å². The summed E-state index contributed by atoms with van der Waals surface area (Å²) in [5, 5.41) is 3.85. The molecule has 1 aliphatic heterocycles. The third-order valence-electron chi connectivity index (χ3n) is 7.08. The summed E-state index contributed by atoms with van der Waals surface area (Å²) in [6, 6.07) is 21.2. The van der Waals surface area contributed by atoms with E-state index in [0.717, 1.165) is 47.2 Å². The van der Waals surface area contributed by atoms with Crippen molar-refractivity contribution in [3.05, 3.63) is 110 Å². The van der Waals surface area contributed by atoms with Crippen LogP contribution in [-0.4, -0.2) is 26.5 Å². The van der Waals surface area contributed by atoms with Gasteiger partial charge in [-0.25, -0.2) is 9.78 Å². The Morgan fingerprint density at radius 1 is 0.950 bits per heavy atom. The smallest absolute Gasteiger partial charge is 0.439 e. The number of unbranched alkanes of at least 4 members (excludes halogenated alkanes) is 1. The molecule has 9 heteroatoms. The van der Waals surface area contributed by atoms with Gasteiger partial charge in [-0.1, -0.05) is 67.0 Å². The van der Waals surface area contributed by atoms with Crippen LogP contribution in [0.15, 0.2) is 80.8 Å². The summed E-state index contributed by atoms with van der Waals surface area (Å²) in [5.74, 6) is 1.69. The van der Waals surface area contributed by atoms with E-state index in [0.29, 0.717) is 40.8 Å². The maximum Gasteiger partial charge on any atom is 0.439 e. The van der Waals surface area contributed by atoms with E-state index in [9.17, 15) is 9.59 Å². The fourth-order valence-electron chi connectivity index (χ4n) is 5.07. The molecule has 2 aromatic heterocycles. The van der Waals surface area contributed by atoms with E-state index in [1.165, 1.54) is 0 Å². The fourth-order valence-corrected chi connectivity index (χ4v) is 5.07. The first-order valence-corrected chi connectivity index (χ1v) is 13.3. The number of fused-ring (bicyclic) bond motifs is 1. The Morgan fingerprint density at radius 2 is 1.73 bits per heavy atom. The van der Waals surface area contributed by atoms with E-state index < -0.39 is 5.76 Å². The maximum atomic E-state index is 14.0. The van der Waals surface area contributed by atoms with Crippen LogP contribution in [0.2, 0.25) is 0 Å². The second kappa shape index (κ2) is 10.7. The van der Waals surface area contributed by atoms with Gasteiger partial charge >= 0.3 is 5.76 Å². The number of hydrogen-bond donors (Lipinski definition) is 1. The summed E-state index contributed by atoms with van der Waals surface area (Å²) in [4.78, 5) is 33.0. The maximum absolute atomic E-state index is 14.0. The zero-order chi connectivity index (χ0) is 27.6. The van der Waals surface area contributed by atoms with Crippen LogP contribution in [0.5, 0.6) is 11.5 Å². The molecule has 0 amide bonds. The Labute approximate surface area is 230 Å². The van der Waals surface area contributed by atoms with Crippen molar-refractivity contribution in [1.82, 2.24) is 19.7 Å². The Kier molecular flexibility index (Phi) is 6.77. The quantitative estimate of drug-likeness (QED) is 0.290. The summed E-state index contributed by atoms with van der Waals surface area (Å²) < 4.78 is 17.3. The van der Waals surface area contributed by atoms with Gasteiger partial charge in [-0.05, 0) is 48.6 Å². The van der Waals surface area contributed by atoms with E-state index in [4.69, 9.17) is 19.0 Å². The third-order valence-corrected chi connectivity index (χ3v) is 7.08. The Bertz CT molecular complexity index is 1800. The minimum absolute atomic E-state index is 0.0816. The molecule has 0 saturated heterocycles. The van der Waals surface area contributed by atoms with Crippen LogP contribution in [0, 0.1) is 6.92 Å². The second-order valence-corrected chi connectivity index (χ2v) is 9.73. The molecule has 3 aromatic carbocycles. The minimum atomic E-state index is -0.600. The van der Waals surface area contributed by atoms with Crippen molar-refractivity contribution in [2.45, 2.75) is 39.5 Å². The van der Waals surface area contributed by atoms with Crippen molar-refractivity contribution in [3.8, 4) is 39.7 Å². The van der Waals surface area contributed by atoms with Crippen molar-refractivity contribution in [2.75, 3.05) is 6.79 Å². The normalized spacial score (nSPS) is 12.2. The van der Waals surface area contributed by atoms with Crippen LogP contribution < -0.4 is 20.8 Å². The SMILES string of the molecule is CCCCc1nc(C)n(-c2ccc3c(c2)OCO3)c(=O)c1Cc1ccc(-c2ccccc2-c2noc(=O)[nH]2)cc1. The van der Waals surface area contributed by atoms with Gasteiger partial charge < -0.3 is 9.47 Å². The lowest BCUT2D eigenvalue weighted by Crippen LogP contribution is -2.28.